The molecular weight excluding hydrogens is 292 g/mol. The predicted octanol–water partition coefficient (Wildman–Crippen LogP) is 2.49. The van der Waals surface area contributed by atoms with E-state index in [1.165, 1.54) is 11.3 Å². The molecular formula is C14H20N2O4S. The highest BCUT2D eigenvalue weighted by atomic mass is 32.1. The van der Waals surface area contributed by atoms with Gasteiger partial charge in [-0.3, -0.25) is 5.32 Å². The highest BCUT2D eigenvalue weighted by Gasteiger charge is 2.24. The molecule has 0 spiro atoms. The predicted molar refractivity (Wildman–Crippen MR) is 81.2 cm³/mol. The van der Waals surface area contributed by atoms with Gasteiger partial charge in [-0.1, -0.05) is 0 Å². The second-order valence-corrected chi connectivity index (χ2v) is 6.63. The Morgan fingerprint density at radius 1 is 1.29 bits per heavy atom. The van der Waals surface area contributed by atoms with Crippen molar-refractivity contribution in [1.29, 1.82) is 0 Å². The molecule has 21 heavy (non-hydrogen) atoms. The average Bonchev–Trinajstić information content (AvgIpc) is 2.64. The molecule has 0 aromatic carbocycles. The smallest absolute Gasteiger partial charge is 0.338 e. The Kier molecular flexibility index (Phi) is 4.84. The number of carbonyl (C=O) groups is 2. The number of carboxylic acids is 1. The number of nitrogens with one attached hydrogen (secondary N) is 2. The number of aliphatic hydroxyl groups excluding tert-OH is 1. The Balaban J connectivity index is 2.03. The Labute approximate surface area is 127 Å². The summed E-state index contributed by atoms with van der Waals surface area (Å²) in [4.78, 5) is 24.1. The van der Waals surface area contributed by atoms with Crippen molar-refractivity contribution in [2.45, 2.75) is 51.7 Å². The van der Waals surface area contributed by atoms with Gasteiger partial charge in [0.15, 0.2) is 0 Å². The van der Waals surface area contributed by atoms with Crippen molar-refractivity contribution in [1.82, 2.24) is 5.32 Å². The third-order valence-electron chi connectivity index (χ3n) is 3.81. The van der Waals surface area contributed by atoms with E-state index < -0.39 is 12.0 Å². The number of aliphatic hydroxyl groups is 1. The molecule has 2 unspecified atom stereocenters. The summed E-state index contributed by atoms with van der Waals surface area (Å²) in [5, 5.41) is 24.6. The van der Waals surface area contributed by atoms with Crippen LogP contribution in [0.15, 0.2) is 0 Å². The normalized spacial score (nSPS) is 21.9. The molecule has 0 saturated heterocycles. The van der Waals surface area contributed by atoms with E-state index >= 15 is 0 Å². The summed E-state index contributed by atoms with van der Waals surface area (Å²) < 4.78 is 0. The van der Waals surface area contributed by atoms with Gasteiger partial charge in [-0.25, -0.2) is 9.59 Å². The summed E-state index contributed by atoms with van der Waals surface area (Å²) in [5.41, 5.74) is 0.826. The Morgan fingerprint density at radius 3 is 2.62 bits per heavy atom. The largest absolute Gasteiger partial charge is 0.478 e. The number of hydrogen-bond donors (Lipinski definition) is 4. The SMILES string of the molecule is Cc1sc(NC(=O)NC2CCCC(O)C2)c(C(=O)O)c1C. The highest BCUT2D eigenvalue weighted by molar-refractivity contribution is 7.16. The zero-order valence-electron chi connectivity index (χ0n) is 12.1. The fraction of sp³-hybridized carbons (Fsp3) is 0.571. The van der Waals surface area contributed by atoms with E-state index in [4.69, 9.17) is 0 Å². The van der Waals surface area contributed by atoms with E-state index in [0.29, 0.717) is 17.0 Å². The van der Waals surface area contributed by atoms with Crippen LogP contribution in [-0.2, 0) is 0 Å². The van der Waals surface area contributed by atoms with Crippen molar-refractivity contribution in [2.75, 3.05) is 5.32 Å². The minimum absolute atomic E-state index is 0.0656. The Hall–Kier alpha value is -1.60. The van der Waals surface area contributed by atoms with E-state index in [1.807, 2.05) is 6.92 Å². The lowest BCUT2D eigenvalue weighted by molar-refractivity contribution is 0.0697. The van der Waals surface area contributed by atoms with Crippen LogP contribution in [-0.4, -0.2) is 34.4 Å². The maximum absolute atomic E-state index is 12.0. The third-order valence-corrected chi connectivity index (χ3v) is 4.93. The summed E-state index contributed by atoms with van der Waals surface area (Å²) in [6, 6.07) is -0.484. The highest BCUT2D eigenvalue weighted by Crippen LogP contribution is 2.32. The second-order valence-electron chi connectivity index (χ2n) is 5.41. The molecule has 1 heterocycles. The minimum atomic E-state index is -1.04. The molecule has 1 aliphatic rings. The zero-order valence-corrected chi connectivity index (χ0v) is 12.9. The molecule has 1 saturated carbocycles. The molecule has 6 nitrogen and oxygen atoms in total. The Morgan fingerprint density at radius 2 is 2.00 bits per heavy atom. The van der Waals surface area contributed by atoms with Gasteiger partial charge in [-0.05, 0) is 45.1 Å². The fourth-order valence-electron chi connectivity index (χ4n) is 2.59. The lowest BCUT2D eigenvalue weighted by atomic mass is 9.93. The average molecular weight is 312 g/mol. The molecule has 2 amide bonds. The Bertz CT molecular complexity index is 555. The van der Waals surface area contributed by atoms with E-state index in [-0.39, 0.29) is 17.7 Å². The standard InChI is InChI=1S/C14H20N2O4S/c1-7-8(2)21-12(11(7)13(18)19)16-14(20)15-9-4-3-5-10(17)6-9/h9-10,17H,3-6H2,1-2H3,(H,18,19)(H2,15,16,20). The number of hydrogen-bond acceptors (Lipinski definition) is 4. The monoisotopic (exact) mass is 312 g/mol. The number of rotatable bonds is 3. The van der Waals surface area contributed by atoms with Crippen LogP contribution in [0.4, 0.5) is 9.80 Å². The summed E-state index contributed by atoms with van der Waals surface area (Å²) in [5.74, 6) is -1.04. The topological polar surface area (TPSA) is 98.7 Å². The summed E-state index contributed by atoms with van der Waals surface area (Å²) in [6.45, 7) is 3.56. The molecule has 2 atom stereocenters. The van der Waals surface area contributed by atoms with Crippen molar-refractivity contribution < 1.29 is 19.8 Å². The van der Waals surface area contributed by atoms with E-state index in [2.05, 4.69) is 10.6 Å². The van der Waals surface area contributed by atoms with Gasteiger partial charge in [0.05, 0.1) is 11.7 Å². The van der Waals surface area contributed by atoms with Gasteiger partial charge in [-0.2, -0.15) is 0 Å². The van der Waals surface area contributed by atoms with Crippen molar-refractivity contribution in [3.63, 3.8) is 0 Å². The van der Waals surface area contributed by atoms with Crippen LogP contribution < -0.4 is 10.6 Å². The maximum Gasteiger partial charge on any atom is 0.338 e. The first-order chi connectivity index (χ1) is 9.88. The van der Waals surface area contributed by atoms with Crippen LogP contribution in [0.2, 0.25) is 0 Å². The summed E-state index contributed by atoms with van der Waals surface area (Å²) in [6.07, 6.45) is 2.65. The maximum atomic E-state index is 12.0. The molecule has 0 bridgehead atoms. The molecule has 116 valence electrons. The van der Waals surface area contributed by atoms with Gasteiger partial charge >= 0.3 is 12.0 Å². The van der Waals surface area contributed by atoms with Gasteiger partial charge < -0.3 is 15.5 Å². The quantitative estimate of drug-likeness (QED) is 0.689. The molecule has 1 aromatic heterocycles. The van der Waals surface area contributed by atoms with Gasteiger partial charge in [-0.15, -0.1) is 11.3 Å². The molecule has 2 rings (SSSR count). The first kappa shape index (κ1) is 15.8. The number of aromatic carboxylic acids is 1. The number of carboxylic acid groups (broad SMARTS) is 1. The first-order valence-corrected chi connectivity index (χ1v) is 7.79. The molecule has 0 radical (unpaired) electrons. The van der Waals surface area contributed by atoms with Crippen LogP contribution in [0.25, 0.3) is 0 Å². The molecule has 7 heteroatoms. The molecule has 1 fully saturated rings. The molecule has 0 aliphatic heterocycles. The lowest BCUT2D eigenvalue weighted by Crippen LogP contribution is -2.41. The van der Waals surface area contributed by atoms with Gasteiger partial charge in [0, 0.05) is 10.9 Å². The van der Waals surface area contributed by atoms with E-state index in [0.717, 1.165) is 24.1 Å². The number of urea groups is 1. The lowest BCUT2D eigenvalue weighted by Gasteiger charge is -2.26. The number of amides is 2. The van der Waals surface area contributed by atoms with E-state index in [1.54, 1.807) is 6.92 Å². The third kappa shape index (κ3) is 3.74. The van der Waals surface area contributed by atoms with Crippen molar-refractivity contribution in [3.05, 3.63) is 16.0 Å². The molecule has 4 N–H and O–H groups in total. The van der Waals surface area contributed by atoms with Crippen LogP contribution in [0.3, 0.4) is 0 Å². The van der Waals surface area contributed by atoms with Crippen LogP contribution >= 0.6 is 11.3 Å². The zero-order chi connectivity index (χ0) is 15.6. The minimum Gasteiger partial charge on any atom is -0.478 e. The van der Waals surface area contributed by atoms with Crippen LogP contribution in [0.1, 0.15) is 46.5 Å². The van der Waals surface area contributed by atoms with Gasteiger partial charge in [0.1, 0.15) is 5.00 Å². The summed E-state index contributed by atoms with van der Waals surface area (Å²) >= 11 is 1.26. The second kappa shape index (κ2) is 6.44. The number of thiophene rings is 1. The van der Waals surface area contributed by atoms with Crippen LogP contribution in [0.5, 0.6) is 0 Å². The van der Waals surface area contributed by atoms with Crippen molar-refractivity contribution in [2.24, 2.45) is 0 Å². The van der Waals surface area contributed by atoms with Crippen LogP contribution in [0, 0.1) is 13.8 Å². The fourth-order valence-corrected chi connectivity index (χ4v) is 3.64. The molecule has 1 aliphatic carbocycles. The van der Waals surface area contributed by atoms with E-state index in [9.17, 15) is 19.8 Å². The number of anilines is 1. The van der Waals surface area contributed by atoms with Gasteiger partial charge in [0.25, 0.3) is 0 Å². The first-order valence-electron chi connectivity index (χ1n) is 6.97. The number of aryl methyl sites for hydroxylation is 1. The van der Waals surface area contributed by atoms with Crippen molar-refractivity contribution >= 4 is 28.3 Å². The van der Waals surface area contributed by atoms with Crippen molar-refractivity contribution in [3.8, 4) is 0 Å². The van der Waals surface area contributed by atoms with Gasteiger partial charge in [0.2, 0.25) is 0 Å². The number of carbonyl (C=O) groups excluding carboxylic acids is 1. The molecule has 1 aromatic rings. The summed E-state index contributed by atoms with van der Waals surface area (Å²) in [7, 11) is 0.